The quantitative estimate of drug-likeness (QED) is 0.394. The highest BCUT2D eigenvalue weighted by atomic mass is 16.7. The number of amides is 2. The van der Waals surface area contributed by atoms with Gasteiger partial charge in [0.1, 0.15) is 18.1 Å². The largest absolute Gasteiger partial charge is 0.464 e. The van der Waals surface area contributed by atoms with Gasteiger partial charge >= 0.3 is 0 Å². The molecule has 2 amide bonds. The van der Waals surface area contributed by atoms with E-state index in [1.807, 2.05) is 68.4 Å². The van der Waals surface area contributed by atoms with Gasteiger partial charge in [0.25, 0.3) is 5.91 Å². The maximum atomic E-state index is 13.8. The highest BCUT2D eigenvalue weighted by Crippen LogP contribution is 2.33. The summed E-state index contributed by atoms with van der Waals surface area (Å²) in [5, 5.41) is 0. The highest BCUT2D eigenvalue weighted by molar-refractivity contribution is 5.96. The standard InChI is InChI=1S/C30H35N3O6/c1-22-3-7-25(8-4-22)30(35)32(12-11-31-13-15-36-16-14-31)20-29(34)33(19-26-9-5-23(2)39-26)18-24-6-10-27-28(17-24)38-21-37-27/h3-10,17H,11-16,18-21H2,1-2H3. The third kappa shape index (κ3) is 6.99. The lowest BCUT2D eigenvalue weighted by atomic mass is 10.1. The van der Waals surface area contributed by atoms with Crippen molar-refractivity contribution in [2.75, 3.05) is 52.7 Å². The minimum atomic E-state index is -0.163. The minimum Gasteiger partial charge on any atom is -0.464 e. The van der Waals surface area contributed by atoms with Crippen LogP contribution in [0.2, 0.25) is 0 Å². The van der Waals surface area contributed by atoms with Crippen LogP contribution in [0.15, 0.2) is 59.0 Å². The van der Waals surface area contributed by atoms with Gasteiger partial charge in [-0.05, 0) is 55.8 Å². The predicted octanol–water partition coefficient (Wildman–Crippen LogP) is 3.63. The molecule has 0 radical (unpaired) electrons. The molecule has 3 heterocycles. The molecule has 1 fully saturated rings. The van der Waals surface area contributed by atoms with Crippen molar-refractivity contribution in [1.82, 2.24) is 14.7 Å². The number of rotatable bonds is 10. The first kappa shape index (κ1) is 26.8. The lowest BCUT2D eigenvalue weighted by Gasteiger charge is -2.31. The molecule has 0 unspecified atom stereocenters. The number of fused-ring (bicyclic) bond motifs is 1. The molecule has 5 rings (SSSR count). The van der Waals surface area contributed by atoms with Gasteiger partial charge in [0.2, 0.25) is 12.7 Å². The lowest BCUT2D eigenvalue weighted by molar-refractivity contribution is -0.133. The summed E-state index contributed by atoms with van der Waals surface area (Å²) in [6.45, 7) is 8.73. The summed E-state index contributed by atoms with van der Waals surface area (Å²) in [5.74, 6) is 2.50. The number of morpholine rings is 1. The Labute approximate surface area is 228 Å². The SMILES string of the molecule is Cc1ccc(C(=O)N(CCN2CCOCC2)CC(=O)N(Cc2ccc3c(c2)OCO3)Cc2ccc(C)o2)cc1. The van der Waals surface area contributed by atoms with E-state index in [1.54, 1.807) is 9.80 Å². The second kappa shape index (κ2) is 12.4. The molecule has 2 aliphatic rings. The van der Waals surface area contributed by atoms with E-state index >= 15 is 0 Å². The molecule has 9 heteroatoms. The number of aryl methyl sites for hydroxylation is 2. The van der Waals surface area contributed by atoms with Gasteiger partial charge in [0.05, 0.1) is 19.8 Å². The molecule has 0 aliphatic carbocycles. The third-order valence-electron chi connectivity index (χ3n) is 7.01. The molecule has 2 aromatic carbocycles. The van der Waals surface area contributed by atoms with E-state index < -0.39 is 0 Å². The second-order valence-corrected chi connectivity index (χ2v) is 10.00. The summed E-state index contributed by atoms with van der Waals surface area (Å²) in [6.07, 6.45) is 0. The molecule has 206 valence electrons. The van der Waals surface area contributed by atoms with Gasteiger partial charge in [-0.15, -0.1) is 0 Å². The van der Waals surface area contributed by atoms with E-state index in [9.17, 15) is 9.59 Å². The first-order valence-electron chi connectivity index (χ1n) is 13.3. The van der Waals surface area contributed by atoms with E-state index in [0.717, 1.165) is 30.0 Å². The molecular formula is C30H35N3O6. The van der Waals surface area contributed by atoms with Gasteiger partial charge in [-0.3, -0.25) is 14.5 Å². The molecule has 0 bridgehead atoms. The predicted molar refractivity (Wildman–Crippen MR) is 145 cm³/mol. The zero-order chi connectivity index (χ0) is 27.2. The molecule has 0 atom stereocenters. The smallest absolute Gasteiger partial charge is 0.254 e. The Morgan fingerprint density at radius 2 is 1.64 bits per heavy atom. The molecule has 1 saturated heterocycles. The maximum absolute atomic E-state index is 13.8. The van der Waals surface area contributed by atoms with E-state index in [-0.39, 0.29) is 31.7 Å². The van der Waals surface area contributed by atoms with E-state index in [4.69, 9.17) is 18.6 Å². The third-order valence-corrected chi connectivity index (χ3v) is 7.01. The fraction of sp³-hybridized carbons (Fsp3) is 0.400. The van der Waals surface area contributed by atoms with Crippen LogP contribution in [0.5, 0.6) is 11.5 Å². The van der Waals surface area contributed by atoms with Gasteiger partial charge in [0.15, 0.2) is 11.5 Å². The summed E-state index contributed by atoms with van der Waals surface area (Å²) in [6, 6.07) is 16.9. The first-order chi connectivity index (χ1) is 18.9. The topological polar surface area (TPSA) is 84.7 Å². The van der Waals surface area contributed by atoms with Gasteiger partial charge in [0, 0.05) is 38.3 Å². The zero-order valence-corrected chi connectivity index (χ0v) is 22.6. The van der Waals surface area contributed by atoms with Gasteiger partial charge in [-0.25, -0.2) is 0 Å². The molecule has 0 spiro atoms. The molecule has 39 heavy (non-hydrogen) atoms. The fourth-order valence-corrected chi connectivity index (χ4v) is 4.73. The number of carbonyl (C=O) groups excluding carboxylic acids is 2. The molecule has 2 aliphatic heterocycles. The van der Waals surface area contributed by atoms with Crippen molar-refractivity contribution in [1.29, 1.82) is 0 Å². The van der Waals surface area contributed by atoms with Crippen molar-refractivity contribution in [3.8, 4) is 11.5 Å². The molecule has 3 aromatic rings. The molecular weight excluding hydrogens is 498 g/mol. The van der Waals surface area contributed by atoms with Crippen molar-refractivity contribution in [2.45, 2.75) is 26.9 Å². The monoisotopic (exact) mass is 533 g/mol. The van der Waals surface area contributed by atoms with Crippen molar-refractivity contribution in [3.05, 3.63) is 82.8 Å². The van der Waals surface area contributed by atoms with Crippen LogP contribution in [0.4, 0.5) is 0 Å². The summed E-state index contributed by atoms with van der Waals surface area (Å²) in [5.41, 5.74) is 2.55. The molecule has 0 N–H and O–H groups in total. The Hall–Kier alpha value is -3.82. The molecule has 9 nitrogen and oxygen atoms in total. The number of nitrogens with zero attached hydrogens (tertiary/aromatic N) is 3. The van der Waals surface area contributed by atoms with Crippen molar-refractivity contribution >= 4 is 11.8 Å². The normalized spacial score (nSPS) is 14.8. The van der Waals surface area contributed by atoms with Crippen LogP contribution in [0, 0.1) is 13.8 Å². The average Bonchev–Trinajstić information content (AvgIpc) is 3.59. The van der Waals surface area contributed by atoms with Crippen LogP contribution in [-0.4, -0.2) is 79.2 Å². The van der Waals surface area contributed by atoms with Gasteiger partial charge in [-0.2, -0.15) is 0 Å². The lowest BCUT2D eigenvalue weighted by Crippen LogP contribution is -2.47. The van der Waals surface area contributed by atoms with Crippen LogP contribution in [-0.2, 0) is 22.6 Å². The first-order valence-corrected chi connectivity index (χ1v) is 13.3. The number of carbonyl (C=O) groups is 2. The Kier molecular flexibility index (Phi) is 8.48. The van der Waals surface area contributed by atoms with Crippen LogP contribution < -0.4 is 9.47 Å². The van der Waals surface area contributed by atoms with E-state index in [2.05, 4.69) is 4.90 Å². The summed E-state index contributed by atoms with van der Waals surface area (Å²) in [7, 11) is 0. The van der Waals surface area contributed by atoms with E-state index in [1.165, 1.54) is 0 Å². The summed E-state index contributed by atoms with van der Waals surface area (Å²) < 4.78 is 22.2. The Bertz CT molecular complexity index is 1280. The zero-order valence-electron chi connectivity index (χ0n) is 22.6. The number of hydrogen-bond donors (Lipinski definition) is 0. The Morgan fingerprint density at radius 1 is 0.872 bits per heavy atom. The highest BCUT2D eigenvalue weighted by Gasteiger charge is 2.25. The number of hydrogen-bond acceptors (Lipinski definition) is 7. The van der Waals surface area contributed by atoms with E-state index in [0.29, 0.717) is 55.7 Å². The Balaban J connectivity index is 1.35. The summed E-state index contributed by atoms with van der Waals surface area (Å²) in [4.78, 5) is 33.1. The van der Waals surface area contributed by atoms with Crippen LogP contribution in [0.3, 0.4) is 0 Å². The van der Waals surface area contributed by atoms with Crippen molar-refractivity contribution in [2.24, 2.45) is 0 Å². The number of benzene rings is 2. The van der Waals surface area contributed by atoms with Crippen LogP contribution in [0.25, 0.3) is 0 Å². The van der Waals surface area contributed by atoms with Gasteiger partial charge in [-0.1, -0.05) is 23.8 Å². The molecule has 1 aromatic heterocycles. The van der Waals surface area contributed by atoms with Crippen molar-refractivity contribution in [3.63, 3.8) is 0 Å². The van der Waals surface area contributed by atoms with Crippen LogP contribution in [0.1, 0.15) is 33.0 Å². The second-order valence-electron chi connectivity index (χ2n) is 10.00. The van der Waals surface area contributed by atoms with Crippen LogP contribution >= 0.6 is 0 Å². The Morgan fingerprint density at radius 3 is 2.38 bits per heavy atom. The van der Waals surface area contributed by atoms with Crippen molar-refractivity contribution < 1.29 is 28.2 Å². The number of furan rings is 1. The maximum Gasteiger partial charge on any atom is 0.254 e. The van der Waals surface area contributed by atoms with Gasteiger partial charge < -0.3 is 28.4 Å². The average molecular weight is 534 g/mol. The fourth-order valence-electron chi connectivity index (χ4n) is 4.73. The number of ether oxygens (including phenoxy) is 3. The minimum absolute atomic E-state index is 0.0404. The molecule has 0 saturated carbocycles. The summed E-state index contributed by atoms with van der Waals surface area (Å²) >= 11 is 0.